The Balaban J connectivity index is 2.50. The highest BCUT2D eigenvalue weighted by Crippen LogP contribution is 2.02. The Morgan fingerprint density at radius 3 is 3.13 bits per heavy atom. The second kappa shape index (κ2) is 5.17. The summed E-state index contributed by atoms with van der Waals surface area (Å²) in [6.45, 7) is 0.480. The van der Waals surface area contributed by atoms with E-state index in [4.69, 9.17) is 12.2 Å². The zero-order chi connectivity index (χ0) is 11.3. The zero-order valence-corrected chi connectivity index (χ0v) is 8.60. The minimum atomic E-state index is -0.619. The highest BCUT2D eigenvalue weighted by atomic mass is 16.2. The van der Waals surface area contributed by atoms with Crippen molar-refractivity contribution in [3.05, 3.63) is 18.0 Å². The van der Waals surface area contributed by atoms with Crippen molar-refractivity contribution in [3.8, 4) is 12.3 Å². The molecule has 0 saturated heterocycles. The molecule has 5 nitrogen and oxygen atoms in total. The molecule has 3 N–H and O–H groups in total. The Bertz CT molecular complexity index is 352. The van der Waals surface area contributed by atoms with Crippen LogP contribution in [0.1, 0.15) is 12.0 Å². The van der Waals surface area contributed by atoms with Gasteiger partial charge < -0.3 is 10.6 Å². The fourth-order valence-electron chi connectivity index (χ4n) is 1.21. The molecule has 0 aromatic carbocycles. The van der Waals surface area contributed by atoms with E-state index >= 15 is 0 Å². The molecule has 0 fully saturated rings. The van der Waals surface area contributed by atoms with Gasteiger partial charge >= 0.3 is 0 Å². The number of hydrogen-bond acceptors (Lipinski definition) is 3. The van der Waals surface area contributed by atoms with Gasteiger partial charge in [0.15, 0.2) is 0 Å². The fourth-order valence-corrected chi connectivity index (χ4v) is 1.21. The summed E-state index contributed by atoms with van der Waals surface area (Å²) in [7, 11) is 1.69. The first-order valence-corrected chi connectivity index (χ1v) is 4.57. The third-order valence-electron chi connectivity index (χ3n) is 2.01. The molecule has 0 bridgehead atoms. The van der Waals surface area contributed by atoms with Crippen LogP contribution in [0.2, 0.25) is 0 Å². The molecule has 0 radical (unpaired) electrons. The van der Waals surface area contributed by atoms with Crippen molar-refractivity contribution < 1.29 is 4.79 Å². The Morgan fingerprint density at radius 2 is 2.60 bits per heavy atom. The molecule has 1 aromatic heterocycles. The molecule has 1 unspecified atom stereocenters. The van der Waals surface area contributed by atoms with Gasteiger partial charge in [-0.2, -0.15) is 5.10 Å². The Morgan fingerprint density at radius 1 is 1.87 bits per heavy atom. The molecule has 80 valence electrons. The summed E-state index contributed by atoms with van der Waals surface area (Å²) in [4.78, 5) is 13.2. The van der Waals surface area contributed by atoms with E-state index in [-0.39, 0.29) is 12.3 Å². The predicted molar refractivity (Wildman–Crippen MR) is 56.5 cm³/mol. The molecule has 5 heteroatoms. The molecule has 0 aliphatic carbocycles. The van der Waals surface area contributed by atoms with E-state index < -0.39 is 6.04 Å². The maximum absolute atomic E-state index is 11.6. The number of aromatic amines is 1. The number of H-pyrrole nitrogens is 1. The summed E-state index contributed by atoms with van der Waals surface area (Å²) in [6, 6.07) is -0.619. The largest absolute Gasteiger partial charge is 0.340 e. The Labute approximate surface area is 88.6 Å². The molecule has 1 heterocycles. The lowest BCUT2D eigenvalue weighted by molar-refractivity contribution is -0.131. The van der Waals surface area contributed by atoms with Crippen molar-refractivity contribution in [1.82, 2.24) is 15.1 Å². The summed E-state index contributed by atoms with van der Waals surface area (Å²) in [5, 5.41) is 6.47. The van der Waals surface area contributed by atoms with Crippen molar-refractivity contribution in [2.45, 2.75) is 19.0 Å². The van der Waals surface area contributed by atoms with E-state index in [1.165, 1.54) is 4.90 Å². The van der Waals surface area contributed by atoms with Crippen LogP contribution >= 0.6 is 0 Å². The highest BCUT2D eigenvalue weighted by Gasteiger charge is 2.17. The topological polar surface area (TPSA) is 75.0 Å². The first kappa shape index (κ1) is 11.3. The lowest BCUT2D eigenvalue weighted by Crippen LogP contribution is -2.41. The quantitative estimate of drug-likeness (QED) is 0.665. The first-order chi connectivity index (χ1) is 7.15. The fraction of sp³-hybridized carbons (Fsp3) is 0.400. The van der Waals surface area contributed by atoms with Gasteiger partial charge in [0.05, 0.1) is 12.2 Å². The molecule has 1 atom stereocenters. The number of terminal acetylenes is 1. The number of nitrogens with zero attached hydrogens (tertiary/aromatic N) is 2. The van der Waals surface area contributed by atoms with Crippen LogP contribution in [0.4, 0.5) is 0 Å². The Kier molecular flexibility index (Phi) is 3.89. The van der Waals surface area contributed by atoms with Gasteiger partial charge in [0.2, 0.25) is 5.91 Å². The van der Waals surface area contributed by atoms with Gasteiger partial charge in [-0.3, -0.25) is 9.89 Å². The number of aromatic nitrogens is 2. The van der Waals surface area contributed by atoms with Crippen LogP contribution in [0, 0.1) is 12.3 Å². The SMILES string of the molecule is C#CCC(N)C(=O)N(C)Cc1cn[nH]c1. The van der Waals surface area contributed by atoms with E-state index in [1.807, 2.05) is 0 Å². The van der Waals surface area contributed by atoms with Crippen LogP contribution < -0.4 is 5.73 Å². The summed E-state index contributed by atoms with van der Waals surface area (Å²) < 4.78 is 0. The smallest absolute Gasteiger partial charge is 0.240 e. The van der Waals surface area contributed by atoms with Gasteiger partial charge in [-0.25, -0.2) is 0 Å². The van der Waals surface area contributed by atoms with Crippen molar-refractivity contribution >= 4 is 5.91 Å². The van der Waals surface area contributed by atoms with Gasteiger partial charge in [-0.15, -0.1) is 12.3 Å². The molecule has 15 heavy (non-hydrogen) atoms. The van der Waals surface area contributed by atoms with Crippen molar-refractivity contribution in [2.24, 2.45) is 5.73 Å². The Hall–Kier alpha value is -1.80. The summed E-state index contributed by atoms with van der Waals surface area (Å²) in [5.41, 5.74) is 6.53. The number of nitrogens with two attached hydrogens (primary N) is 1. The van der Waals surface area contributed by atoms with Gasteiger partial charge in [0.1, 0.15) is 0 Å². The van der Waals surface area contributed by atoms with Crippen LogP contribution in [0.15, 0.2) is 12.4 Å². The number of carbonyl (C=O) groups excluding carboxylic acids is 1. The normalized spacial score (nSPS) is 11.8. The van der Waals surface area contributed by atoms with Gasteiger partial charge in [0.25, 0.3) is 0 Å². The lowest BCUT2D eigenvalue weighted by atomic mass is 10.2. The van der Waals surface area contributed by atoms with Crippen LogP contribution in [-0.2, 0) is 11.3 Å². The maximum atomic E-state index is 11.6. The summed E-state index contributed by atoms with van der Waals surface area (Å²) in [6.07, 6.45) is 8.74. The molecular weight excluding hydrogens is 192 g/mol. The van der Waals surface area contributed by atoms with E-state index in [1.54, 1.807) is 19.4 Å². The average Bonchev–Trinajstić information content (AvgIpc) is 2.69. The van der Waals surface area contributed by atoms with Gasteiger partial charge in [-0.1, -0.05) is 0 Å². The van der Waals surface area contributed by atoms with Crippen LogP contribution in [0.3, 0.4) is 0 Å². The minimum Gasteiger partial charge on any atom is -0.340 e. The third kappa shape index (κ3) is 3.11. The summed E-state index contributed by atoms with van der Waals surface area (Å²) >= 11 is 0. The number of hydrogen-bond donors (Lipinski definition) is 2. The molecule has 1 aromatic rings. The molecular formula is C10H14N4O. The number of likely N-dealkylation sites (N-methyl/N-ethyl adjacent to an activating group) is 1. The number of rotatable bonds is 4. The average molecular weight is 206 g/mol. The van der Waals surface area contributed by atoms with Crippen molar-refractivity contribution in [2.75, 3.05) is 7.05 Å². The standard InChI is InChI=1S/C10H14N4O/c1-3-4-9(11)10(15)14(2)7-8-5-12-13-6-8/h1,5-6,9H,4,7,11H2,2H3,(H,12,13). The number of carbonyl (C=O) groups is 1. The van der Waals surface area contributed by atoms with Crippen LogP contribution in [0.25, 0.3) is 0 Å². The number of amides is 1. The van der Waals surface area contributed by atoms with E-state index in [2.05, 4.69) is 16.1 Å². The maximum Gasteiger partial charge on any atom is 0.240 e. The van der Waals surface area contributed by atoms with E-state index in [0.29, 0.717) is 6.54 Å². The van der Waals surface area contributed by atoms with Crippen molar-refractivity contribution in [3.63, 3.8) is 0 Å². The lowest BCUT2D eigenvalue weighted by Gasteiger charge is -2.19. The molecule has 0 aliphatic heterocycles. The molecule has 0 aliphatic rings. The highest BCUT2D eigenvalue weighted by molar-refractivity contribution is 5.81. The van der Waals surface area contributed by atoms with Crippen LogP contribution in [0.5, 0.6) is 0 Å². The minimum absolute atomic E-state index is 0.158. The van der Waals surface area contributed by atoms with Gasteiger partial charge in [0, 0.05) is 31.8 Å². The van der Waals surface area contributed by atoms with E-state index in [0.717, 1.165) is 5.56 Å². The van der Waals surface area contributed by atoms with E-state index in [9.17, 15) is 4.79 Å². The first-order valence-electron chi connectivity index (χ1n) is 4.57. The molecule has 0 spiro atoms. The number of nitrogens with one attached hydrogen (secondary N) is 1. The molecule has 0 saturated carbocycles. The predicted octanol–water partition coefficient (Wildman–Crippen LogP) is -0.281. The van der Waals surface area contributed by atoms with Gasteiger partial charge in [-0.05, 0) is 0 Å². The molecule has 1 amide bonds. The zero-order valence-electron chi connectivity index (χ0n) is 8.60. The molecule has 1 rings (SSSR count). The second-order valence-electron chi connectivity index (χ2n) is 3.32. The van der Waals surface area contributed by atoms with Crippen molar-refractivity contribution in [1.29, 1.82) is 0 Å². The second-order valence-corrected chi connectivity index (χ2v) is 3.32. The summed E-state index contributed by atoms with van der Waals surface area (Å²) in [5.74, 6) is 2.21. The monoisotopic (exact) mass is 206 g/mol. The van der Waals surface area contributed by atoms with Crippen LogP contribution in [-0.4, -0.2) is 34.1 Å². The third-order valence-corrected chi connectivity index (χ3v) is 2.01.